The highest BCUT2D eigenvalue weighted by molar-refractivity contribution is 5.81. The number of nitrogens with one attached hydrogen (secondary N) is 2. The van der Waals surface area contributed by atoms with Crippen LogP contribution in [0.3, 0.4) is 0 Å². The van der Waals surface area contributed by atoms with Gasteiger partial charge >= 0.3 is 18.0 Å². The lowest BCUT2D eigenvalue weighted by molar-refractivity contribution is -0.156. The molecule has 0 rings (SSSR count). The van der Waals surface area contributed by atoms with Gasteiger partial charge in [0.2, 0.25) is 0 Å². The van der Waals surface area contributed by atoms with Crippen molar-refractivity contribution in [3.05, 3.63) is 12.7 Å². The van der Waals surface area contributed by atoms with Crippen LogP contribution < -0.4 is 10.6 Å². The molecule has 0 bridgehead atoms. The van der Waals surface area contributed by atoms with Crippen LogP contribution >= 0.6 is 0 Å². The quantitative estimate of drug-likeness (QED) is 0.224. The van der Waals surface area contributed by atoms with Crippen molar-refractivity contribution in [1.82, 2.24) is 15.5 Å². The Bertz CT molecular complexity index is 441. The summed E-state index contributed by atoms with van der Waals surface area (Å²) in [5, 5.41) is 5.33. The lowest BCUT2D eigenvalue weighted by atomic mass is 10.0. The fourth-order valence-corrected chi connectivity index (χ4v) is 1.60. The molecule has 1 amide bonds. The molecule has 138 valence electrons. The average Bonchev–Trinajstić information content (AvgIpc) is 2.54. The number of hydrogen-bond donors (Lipinski definition) is 2. The van der Waals surface area contributed by atoms with Crippen molar-refractivity contribution in [2.75, 3.05) is 54.1 Å². The zero-order chi connectivity index (χ0) is 18.6. The van der Waals surface area contributed by atoms with Crippen LogP contribution in [0.4, 0.5) is 4.79 Å². The lowest BCUT2D eigenvalue weighted by Crippen LogP contribution is -2.55. The fourth-order valence-electron chi connectivity index (χ4n) is 1.60. The van der Waals surface area contributed by atoms with Crippen LogP contribution in [-0.2, 0) is 23.8 Å². The third kappa shape index (κ3) is 7.93. The Morgan fingerprint density at radius 2 is 1.75 bits per heavy atom. The van der Waals surface area contributed by atoms with Crippen LogP contribution in [-0.4, -0.2) is 82.5 Å². The monoisotopic (exact) mass is 345 g/mol. The van der Waals surface area contributed by atoms with E-state index in [1.165, 1.54) is 0 Å². The second kappa shape index (κ2) is 11.4. The van der Waals surface area contributed by atoms with Crippen LogP contribution in [0, 0.1) is 0 Å². The van der Waals surface area contributed by atoms with Gasteiger partial charge in [-0.25, -0.2) is 14.4 Å². The molecule has 0 aliphatic rings. The molecule has 9 nitrogen and oxygen atoms in total. The number of carbonyl (C=O) groups excluding carboxylic acids is 3. The van der Waals surface area contributed by atoms with Crippen molar-refractivity contribution in [2.45, 2.75) is 12.5 Å². The van der Waals surface area contributed by atoms with Crippen molar-refractivity contribution < 1.29 is 28.6 Å². The van der Waals surface area contributed by atoms with E-state index < -0.39 is 23.6 Å². The molecule has 0 saturated carbocycles. The molecule has 0 aromatic carbocycles. The third-order valence-corrected chi connectivity index (χ3v) is 3.28. The number of likely N-dealkylation sites (N-methyl/N-ethyl adjacent to an activating group) is 2. The molecule has 1 atom stereocenters. The molecule has 0 aromatic heterocycles. The first kappa shape index (κ1) is 21.9. The molecule has 0 fully saturated rings. The summed E-state index contributed by atoms with van der Waals surface area (Å²) >= 11 is 0. The van der Waals surface area contributed by atoms with E-state index in [1.54, 1.807) is 33.0 Å². The first-order chi connectivity index (χ1) is 11.3. The normalized spacial score (nSPS) is 12.9. The summed E-state index contributed by atoms with van der Waals surface area (Å²) in [6.45, 7) is 5.41. The maximum absolute atomic E-state index is 12.1. The molecule has 2 N–H and O–H groups in total. The minimum Gasteiger partial charge on any atom is -0.461 e. The van der Waals surface area contributed by atoms with E-state index in [9.17, 15) is 14.4 Å². The van der Waals surface area contributed by atoms with Crippen molar-refractivity contribution in [1.29, 1.82) is 0 Å². The Balaban J connectivity index is 3.95. The SMILES string of the molecule is C=CC(=O)OCCNC(=O)OCCOC(=O)C(C)(CNC)N(C)C. The van der Waals surface area contributed by atoms with Crippen LogP contribution in [0.5, 0.6) is 0 Å². The van der Waals surface area contributed by atoms with Crippen LogP contribution in [0.15, 0.2) is 12.7 Å². The van der Waals surface area contributed by atoms with Gasteiger partial charge in [-0.15, -0.1) is 0 Å². The number of nitrogens with zero attached hydrogens (tertiary/aromatic N) is 1. The number of alkyl carbamates (subject to hydrolysis) is 1. The highest BCUT2D eigenvalue weighted by atomic mass is 16.6. The van der Waals surface area contributed by atoms with E-state index in [0.717, 1.165) is 6.08 Å². The summed E-state index contributed by atoms with van der Waals surface area (Å²) < 4.78 is 14.7. The highest BCUT2D eigenvalue weighted by Crippen LogP contribution is 2.12. The predicted molar refractivity (Wildman–Crippen MR) is 87.5 cm³/mol. The van der Waals surface area contributed by atoms with Gasteiger partial charge in [0.15, 0.2) is 0 Å². The Kier molecular flexibility index (Phi) is 10.4. The smallest absolute Gasteiger partial charge is 0.407 e. The molecule has 0 aliphatic heterocycles. The second-order valence-electron chi connectivity index (χ2n) is 5.27. The molecule has 0 spiro atoms. The predicted octanol–water partition coefficient (Wildman–Crippen LogP) is -0.475. The summed E-state index contributed by atoms with van der Waals surface area (Å²) in [5.74, 6) is -0.982. The standard InChI is InChI=1S/C15H27N3O6/c1-6-12(19)22-8-7-17-14(21)24-10-9-23-13(20)15(2,11-16-3)18(4)5/h6,16H,1,7-11H2,2-5H3,(H,17,21). The van der Waals surface area contributed by atoms with Crippen LogP contribution in [0.2, 0.25) is 0 Å². The summed E-state index contributed by atoms with van der Waals surface area (Å²) in [6, 6.07) is 0. The van der Waals surface area contributed by atoms with E-state index in [4.69, 9.17) is 9.47 Å². The first-order valence-corrected chi connectivity index (χ1v) is 7.47. The van der Waals surface area contributed by atoms with Gasteiger partial charge in [0.25, 0.3) is 0 Å². The maximum Gasteiger partial charge on any atom is 0.407 e. The van der Waals surface area contributed by atoms with Crippen LogP contribution in [0.1, 0.15) is 6.92 Å². The topological polar surface area (TPSA) is 106 Å². The van der Waals surface area contributed by atoms with E-state index in [0.29, 0.717) is 6.54 Å². The summed E-state index contributed by atoms with van der Waals surface area (Å²) in [4.78, 5) is 36.0. The molecular formula is C15H27N3O6. The Labute approximate surface area is 142 Å². The summed E-state index contributed by atoms with van der Waals surface area (Å²) in [5.41, 5.74) is -0.813. The number of hydrogen-bond acceptors (Lipinski definition) is 8. The van der Waals surface area contributed by atoms with Gasteiger partial charge in [0, 0.05) is 12.6 Å². The number of esters is 2. The maximum atomic E-state index is 12.1. The van der Waals surface area contributed by atoms with Gasteiger partial charge in [0.05, 0.1) is 6.54 Å². The summed E-state index contributed by atoms with van der Waals surface area (Å²) in [6.07, 6.45) is 0.341. The van der Waals surface area contributed by atoms with Crippen molar-refractivity contribution in [2.24, 2.45) is 0 Å². The van der Waals surface area contributed by atoms with E-state index in [2.05, 4.69) is 21.9 Å². The van der Waals surface area contributed by atoms with E-state index in [-0.39, 0.29) is 26.4 Å². The van der Waals surface area contributed by atoms with E-state index in [1.807, 2.05) is 0 Å². The number of ether oxygens (including phenoxy) is 3. The minimum absolute atomic E-state index is 0.0140. The van der Waals surface area contributed by atoms with Gasteiger partial charge in [-0.3, -0.25) is 4.90 Å². The Morgan fingerprint density at radius 3 is 2.29 bits per heavy atom. The Morgan fingerprint density at radius 1 is 1.12 bits per heavy atom. The number of carbonyl (C=O) groups is 3. The van der Waals surface area contributed by atoms with Gasteiger partial charge in [-0.2, -0.15) is 0 Å². The Hall–Kier alpha value is -2.13. The van der Waals surface area contributed by atoms with Crippen LogP contribution in [0.25, 0.3) is 0 Å². The van der Waals surface area contributed by atoms with Gasteiger partial charge in [0.1, 0.15) is 25.4 Å². The van der Waals surface area contributed by atoms with Gasteiger partial charge < -0.3 is 24.8 Å². The highest BCUT2D eigenvalue weighted by Gasteiger charge is 2.36. The molecule has 1 unspecified atom stereocenters. The molecule has 0 aliphatic carbocycles. The molecular weight excluding hydrogens is 318 g/mol. The molecule has 0 radical (unpaired) electrons. The fraction of sp³-hybridized carbons (Fsp3) is 0.667. The molecule has 0 aromatic rings. The number of amides is 1. The molecule has 0 saturated heterocycles. The molecule has 0 heterocycles. The molecule has 9 heteroatoms. The minimum atomic E-state index is -0.813. The lowest BCUT2D eigenvalue weighted by Gasteiger charge is -2.33. The van der Waals surface area contributed by atoms with Gasteiger partial charge in [-0.05, 0) is 28.1 Å². The zero-order valence-electron chi connectivity index (χ0n) is 14.7. The zero-order valence-corrected chi connectivity index (χ0v) is 14.7. The second-order valence-corrected chi connectivity index (χ2v) is 5.27. The van der Waals surface area contributed by atoms with Crippen molar-refractivity contribution in [3.8, 4) is 0 Å². The van der Waals surface area contributed by atoms with Gasteiger partial charge in [-0.1, -0.05) is 6.58 Å². The first-order valence-electron chi connectivity index (χ1n) is 7.47. The molecule has 24 heavy (non-hydrogen) atoms. The van der Waals surface area contributed by atoms with Crippen molar-refractivity contribution in [3.63, 3.8) is 0 Å². The number of rotatable bonds is 11. The summed E-state index contributed by atoms with van der Waals surface area (Å²) in [7, 11) is 5.30. The van der Waals surface area contributed by atoms with E-state index >= 15 is 0 Å². The third-order valence-electron chi connectivity index (χ3n) is 3.28. The van der Waals surface area contributed by atoms with Crippen molar-refractivity contribution >= 4 is 18.0 Å². The average molecular weight is 345 g/mol. The largest absolute Gasteiger partial charge is 0.461 e.